The smallest absolute Gasteiger partial charge is 0.417 e. The van der Waals surface area contributed by atoms with Crippen molar-refractivity contribution in [3.05, 3.63) is 35.6 Å². The fourth-order valence-corrected chi connectivity index (χ4v) is 4.60. The summed E-state index contributed by atoms with van der Waals surface area (Å²) in [5.74, 6) is -0.406. The fraction of sp³-hybridized carbons (Fsp3) is 0.500. The summed E-state index contributed by atoms with van der Waals surface area (Å²) >= 11 is 0. The van der Waals surface area contributed by atoms with Crippen molar-refractivity contribution < 1.29 is 26.4 Å². The van der Waals surface area contributed by atoms with Gasteiger partial charge in [0.1, 0.15) is 0 Å². The van der Waals surface area contributed by atoms with Crippen LogP contribution in [0, 0.1) is 0 Å². The van der Waals surface area contributed by atoms with Gasteiger partial charge in [-0.15, -0.1) is 0 Å². The summed E-state index contributed by atoms with van der Waals surface area (Å²) in [5, 5.41) is -0.958. The molecule has 0 aromatic heterocycles. The molecule has 0 bridgehead atoms. The lowest BCUT2D eigenvalue weighted by Gasteiger charge is -2.32. The third kappa shape index (κ3) is 3.66. The van der Waals surface area contributed by atoms with Crippen molar-refractivity contribution in [3.63, 3.8) is 0 Å². The van der Waals surface area contributed by atoms with Gasteiger partial charge in [-0.05, 0) is 25.0 Å². The minimum absolute atomic E-state index is 0.0697. The number of amides is 1. The van der Waals surface area contributed by atoms with Gasteiger partial charge in [0.05, 0.1) is 15.7 Å². The number of rotatable bonds is 3. The highest BCUT2D eigenvalue weighted by molar-refractivity contribution is 7.92. The number of carbonyl (C=O) groups is 1. The van der Waals surface area contributed by atoms with Crippen molar-refractivity contribution >= 4 is 15.7 Å². The molecule has 1 aliphatic rings. The maximum Gasteiger partial charge on any atom is 0.417 e. The first-order valence-electron chi connectivity index (χ1n) is 7.00. The quantitative estimate of drug-likeness (QED) is 0.841. The molecule has 1 N–H and O–H groups in total. The van der Waals surface area contributed by atoms with Crippen LogP contribution in [0.2, 0.25) is 0 Å². The summed E-state index contributed by atoms with van der Waals surface area (Å²) < 4.78 is 64.2. The molecule has 1 fully saturated rings. The molecule has 1 amide bonds. The Morgan fingerprint density at radius 1 is 1.22 bits per heavy atom. The third-order valence-electron chi connectivity index (χ3n) is 3.88. The highest BCUT2D eigenvalue weighted by Crippen LogP contribution is 2.36. The van der Waals surface area contributed by atoms with Gasteiger partial charge in [0.2, 0.25) is 5.91 Å². The van der Waals surface area contributed by atoms with Gasteiger partial charge in [-0.25, -0.2) is 8.42 Å². The number of benzene rings is 1. The Labute approximate surface area is 132 Å². The monoisotopic (exact) mass is 349 g/mol. The average molecular weight is 349 g/mol. The molecule has 1 saturated heterocycles. The van der Waals surface area contributed by atoms with Crippen molar-refractivity contribution in [2.45, 2.75) is 29.2 Å². The molecule has 9 heteroatoms. The lowest BCUT2D eigenvalue weighted by atomic mass is 10.1. The number of carbonyl (C=O) groups excluding carboxylic acids is 1. The highest BCUT2D eigenvalue weighted by Gasteiger charge is 2.40. The van der Waals surface area contributed by atoms with E-state index < -0.39 is 44.2 Å². The predicted molar refractivity (Wildman–Crippen MR) is 77.4 cm³/mol. The zero-order valence-corrected chi connectivity index (χ0v) is 13.0. The number of hydrogen-bond donors (Lipinski definition) is 0. The second-order valence-electron chi connectivity index (χ2n) is 5.30. The number of halogens is 3. The number of piperidine rings is 1. The first kappa shape index (κ1) is 17.7. The lowest BCUT2D eigenvalue weighted by Crippen LogP contribution is -2.43. The van der Waals surface area contributed by atoms with Crippen molar-refractivity contribution in [3.8, 4) is 0 Å². The number of hydrogen-bond acceptors (Lipinski definition) is 3. The topological polar surface area (TPSA) is 78.2 Å². The summed E-state index contributed by atoms with van der Waals surface area (Å²) in [6.07, 6.45) is -4.61. The summed E-state index contributed by atoms with van der Waals surface area (Å²) in [6, 6.07) is 4.14. The SMILES string of the molecule is [NH-]CC(=O)N1CCC(S(=O)(=O)c2ccccc2C(F)(F)F)CC1. The molecule has 0 saturated carbocycles. The van der Waals surface area contributed by atoms with E-state index in [1.807, 2.05) is 0 Å². The average Bonchev–Trinajstić information content (AvgIpc) is 2.53. The van der Waals surface area contributed by atoms with Gasteiger partial charge in [0.15, 0.2) is 9.84 Å². The van der Waals surface area contributed by atoms with Crippen LogP contribution in [0.1, 0.15) is 18.4 Å². The molecule has 23 heavy (non-hydrogen) atoms. The van der Waals surface area contributed by atoms with E-state index in [1.54, 1.807) is 0 Å². The van der Waals surface area contributed by atoms with Gasteiger partial charge in [-0.3, -0.25) is 4.79 Å². The Kier molecular flexibility index (Phi) is 5.00. The summed E-state index contributed by atoms with van der Waals surface area (Å²) in [4.78, 5) is 12.1. The Morgan fingerprint density at radius 2 is 1.78 bits per heavy atom. The predicted octanol–water partition coefficient (Wildman–Crippen LogP) is 2.52. The zero-order valence-electron chi connectivity index (χ0n) is 12.1. The number of nitrogens with one attached hydrogen (secondary N) is 1. The molecule has 1 aromatic rings. The van der Waals surface area contributed by atoms with E-state index in [0.717, 1.165) is 18.2 Å². The number of sulfone groups is 1. The van der Waals surface area contributed by atoms with E-state index in [9.17, 15) is 26.4 Å². The van der Waals surface area contributed by atoms with E-state index in [0.29, 0.717) is 0 Å². The van der Waals surface area contributed by atoms with E-state index in [1.165, 1.54) is 11.0 Å². The van der Waals surface area contributed by atoms with E-state index >= 15 is 0 Å². The van der Waals surface area contributed by atoms with Gasteiger partial charge >= 0.3 is 6.18 Å². The minimum Gasteiger partial charge on any atom is -0.670 e. The standard InChI is InChI=1S/C14H16F3N2O3S/c15-14(16,17)11-3-1-2-4-12(11)23(21,22)10-5-7-19(8-6-10)13(20)9-18/h1-4,10,18H,5-9H2/q-1. The van der Waals surface area contributed by atoms with Crippen LogP contribution in [0.5, 0.6) is 0 Å². The van der Waals surface area contributed by atoms with Crippen LogP contribution >= 0.6 is 0 Å². The molecule has 0 unspecified atom stereocenters. The number of likely N-dealkylation sites (tertiary alicyclic amines) is 1. The Morgan fingerprint density at radius 3 is 2.30 bits per heavy atom. The van der Waals surface area contributed by atoms with Crippen molar-refractivity contribution in [2.75, 3.05) is 19.6 Å². The van der Waals surface area contributed by atoms with Gasteiger partial charge in [-0.2, -0.15) is 13.2 Å². The Balaban J connectivity index is 2.26. The summed E-state index contributed by atoms with van der Waals surface area (Å²) in [5.41, 5.74) is 5.85. The lowest BCUT2D eigenvalue weighted by molar-refractivity contribution is -0.139. The van der Waals surface area contributed by atoms with E-state index in [-0.39, 0.29) is 25.9 Å². The van der Waals surface area contributed by atoms with Crippen LogP contribution in [0.25, 0.3) is 5.73 Å². The maximum atomic E-state index is 13.0. The van der Waals surface area contributed by atoms with Crippen LogP contribution in [0.3, 0.4) is 0 Å². The van der Waals surface area contributed by atoms with Crippen LogP contribution in [0.15, 0.2) is 29.2 Å². The van der Waals surface area contributed by atoms with Crippen LogP contribution < -0.4 is 0 Å². The Bertz CT molecular complexity index is 681. The molecule has 0 radical (unpaired) electrons. The van der Waals surface area contributed by atoms with Gasteiger partial charge in [0, 0.05) is 13.1 Å². The second-order valence-corrected chi connectivity index (χ2v) is 7.49. The second kappa shape index (κ2) is 6.48. The fourth-order valence-electron chi connectivity index (χ4n) is 2.66. The summed E-state index contributed by atoms with van der Waals surface area (Å²) in [7, 11) is -4.14. The zero-order chi connectivity index (χ0) is 17.3. The van der Waals surface area contributed by atoms with E-state index in [2.05, 4.69) is 0 Å². The molecular weight excluding hydrogens is 333 g/mol. The van der Waals surface area contributed by atoms with E-state index in [4.69, 9.17) is 5.73 Å². The van der Waals surface area contributed by atoms with Crippen LogP contribution in [-0.2, 0) is 20.8 Å². The van der Waals surface area contributed by atoms with Crippen LogP contribution in [-0.4, -0.2) is 44.1 Å². The molecular formula is C14H16F3N2O3S-. The summed E-state index contributed by atoms with van der Waals surface area (Å²) in [6.45, 7) is -0.153. The molecule has 1 aromatic carbocycles. The molecule has 1 aliphatic heterocycles. The third-order valence-corrected chi connectivity index (χ3v) is 6.20. The van der Waals surface area contributed by atoms with Crippen LogP contribution in [0.4, 0.5) is 13.2 Å². The minimum atomic E-state index is -4.74. The maximum absolute atomic E-state index is 13.0. The van der Waals surface area contributed by atoms with Crippen molar-refractivity contribution in [1.82, 2.24) is 4.90 Å². The molecule has 0 atom stereocenters. The normalized spacial score (nSPS) is 17.3. The largest absolute Gasteiger partial charge is 0.670 e. The molecule has 0 spiro atoms. The number of alkyl halides is 3. The molecule has 0 aliphatic carbocycles. The number of nitrogens with zero attached hydrogens (tertiary/aromatic N) is 1. The highest BCUT2D eigenvalue weighted by atomic mass is 32.2. The molecule has 1 heterocycles. The molecule has 5 nitrogen and oxygen atoms in total. The van der Waals surface area contributed by atoms with Gasteiger partial charge in [0.25, 0.3) is 0 Å². The molecule has 128 valence electrons. The van der Waals surface area contributed by atoms with Gasteiger partial charge < -0.3 is 10.6 Å². The first-order valence-corrected chi connectivity index (χ1v) is 8.55. The van der Waals surface area contributed by atoms with Gasteiger partial charge in [-0.1, -0.05) is 18.7 Å². The Hall–Kier alpha value is -1.61. The van der Waals surface area contributed by atoms with Crippen molar-refractivity contribution in [1.29, 1.82) is 0 Å². The van der Waals surface area contributed by atoms with Crippen molar-refractivity contribution in [2.24, 2.45) is 0 Å². The molecule has 2 rings (SSSR count). The first-order chi connectivity index (χ1) is 10.7.